The first-order valence-corrected chi connectivity index (χ1v) is 6.18. The highest BCUT2D eigenvalue weighted by Crippen LogP contribution is 2.20. The van der Waals surface area contributed by atoms with Gasteiger partial charge in [0.15, 0.2) is 0 Å². The second-order valence-corrected chi connectivity index (χ2v) is 4.56. The van der Waals surface area contributed by atoms with Crippen molar-refractivity contribution in [1.82, 2.24) is 0 Å². The Bertz CT molecular complexity index is 485. The Morgan fingerprint density at radius 2 is 1.72 bits per heavy atom. The summed E-state index contributed by atoms with van der Waals surface area (Å²) >= 11 is 0.914. The fourth-order valence-corrected chi connectivity index (χ4v) is 1.84. The van der Waals surface area contributed by atoms with Crippen molar-refractivity contribution in [2.24, 2.45) is 0 Å². The van der Waals surface area contributed by atoms with Crippen LogP contribution in [0.15, 0.2) is 53.4 Å². The molecule has 0 saturated heterocycles. The third-order valence-electron chi connectivity index (χ3n) is 2.46. The van der Waals surface area contributed by atoms with E-state index >= 15 is 0 Å². The lowest BCUT2D eigenvalue weighted by molar-refractivity contribution is -0.116. The van der Waals surface area contributed by atoms with Crippen molar-refractivity contribution in [2.45, 2.75) is 11.4 Å². The van der Waals surface area contributed by atoms with E-state index < -0.39 is 0 Å². The predicted molar refractivity (Wildman–Crippen MR) is 74.2 cm³/mol. The molecule has 5 heteroatoms. The van der Waals surface area contributed by atoms with Crippen LogP contribution < -0.4 is 11.1 Å². The monoisotopic (exact) mass is 262 g/mol. The van der Waals surface area contributed by atoms with Crippen LogP contribution in [0.5, 0.6) is 0 Å². The molecule has 0 heterocycles. The van der Waals surface area contributed by atoms with Gasteiger partial charge in [-0.1, -0.05) is 12.1 Å². The highest BCUT2D eigenvalue weighted by Gasteiger charge is 1.96. The molecule has 2 rings (SSSR count). The van der Waals surface area contributed by atoms with Gasteiger partial charge in [0.2, 0.25) is 0 Å². The van der Waals surface area contributed by atoms with Crippen molar-refractivity contribution in [3.05, 3.63) is 54.1 Å². The zero-order valence-corrected chi connectivity index (χ0v) is 10.5. The third kappa shape index (κ3) is 3.66. The molecule has 0 aliphatic rings. The molecule has 4 N–H and O–H groups in total. The van der Waals surface area contributed by atoms with E-state index in [0.717, 1.165) is 34.9 Å². The quantitative estimate of drug-likeness (QED) is 0.333. The summed E-state index contributed by atoms with van der Waals surface area (Å²) in [5.74, 6) is 0. The standard InChI is InChI=1S/C13H14N2O2S/c14-11-3-1-10(2-4-11)9-15-12-5-7-13(8-6-12)18-17-16/h1-8,15-16H,9,14H2. The number of anilines is 2. The van der Waals surface area contributed by atoms with Crippen LogP contribution in [0.1, 0.15) is 5.56 Å². The fourth-order valence-electron chi connectivity index (χ4n) is 1.51. The van der Waals surface area contributed by atoms with Gasteiger partial charge < -0.3 is 11.1 Å². The average molecular weight is 262 g/mol. The Labute approximate surface area is 110 Å². The molecule has 0 aliphatic heterocycles. The van der Waals surface area contributed by atoms with Gasteiger partial charge in [0.1, 0.15) is 0 Å². The van der Waals surface area contributed by atoms with Crippen LogP contribution in [0.3, 0.4) is 0 Å². The van der Waals surface area contributed by atoms with Gasteiger partial charge in [-0.15, -0.1) is 0 Å². The molecule has 0 radical (unpaired) electrons. The molecular weight excluding hydrogens is 248 g/mol. The summed E-state index contributed by atoms with van der Waals surface area (Å²) in [4.78, 5) is 0.843. The first-order chi connectivity index (χ1) is 8.78. The van der Waals surface area contributed by atoms with Crippen molar-refractivity contribution in [1.29, 1.82) is 0 Å². The molecule has 4 nitrogen and oxygen atoms in total. The first kappa shape index (κ1) is 12.8. The molecule has 0 atom stereocenters. The number of hydrogen-bond donors (Lipinski definition) is 3. The molecule has 2 aromatic carbocycles. The van der Waals surface area contributed by atoms with E-state index in [9.17, 15) is 0 Å². The number of benzene rings is 2. The van der Waals surface area contributed by atoms with Gasteiger partial charge in [0.05, 0.1) is 12.0 Å². The van der Waals surface area contributed by atoms with E-state index in [1.54, 1.807) is 0 Å². The maximum Gasteiger partial charge on any atom is 0.0679 e. The highest BCUT2D eigenvalue weighted by molar-refractivity contribution is 7.94. The number of nitrogens with two attached hydrogens (primary N) is 1. The van der Waals surface area contributed by atoms with E-state index in [0.29, 0.717) is 0 Å². The average Bonchev–Trinajstić information content (AvgIpc) is 2.40. The minimum absolute atomic E-state index is 0.739. The lowest BCUT2D eigenvalue weighted by atomic mass is 10.2. The SMILES string of the molecule is Nc1ccc(CNc2ccc(SOO)cc2)cc1. The Kier molecular flexibility index (Phi) is 4.46. The smallest absolute Gasteiger partial charge is 0.0679 e. The molecule has 18 heavy (non-hydrogen) atoms. The zero-order chi connectivity index (χ0) is 12.8. The minimum Gasteiger partial charge on any atom is -0.399 e. The molecule has 0 fully saturated rings. The maximum atomic E-state index is 8.30. The summed E-state index contributed by atoms with van der Waals surface area (Å²) in [6.45, 7) is 0.739. The van der Waals surface area contributed by atoms with Gasteiger partial charge in [-0.2, -0.15) is 4.33 Å². The summed E-state index contributed by atoms with van der Waals surface area (Å²) in [5.41, 5.74) is 8.57. The van der Waals surface area contributed by atoms with Gasteiger partial charge >= 0.3 is 0 Å². The summed E-state index contributed by atoms with van der Waals surface area (Å²) in [7, 11) is 0. The van der Waals surface area contributed by atoms with Gasteiger partial charge in [0.25, 0.3) is 0 Å². The number of nitrogens with one attached hydrogen (secondary N) is 1. The molecule has 94 valence electrons. The summed E-state index contributed by atoms with van der Waals surface area (Å²) in [6, 6.07) is 15.3. The van der Waals surface area contributed by atoms with E-state index in [1.165, 1.54) is 5.56 Å². The van der Waals surface area contributed by atoms with Crippen LogP contribution in [-0.2, 0) is 10.9 Å². The predicted octanol–water partition coefficient (Wildman–Crippen LogP) is 3.38. The van der Waals surface area contributed by atoms with Crippen molar-refractivity contribution in [3.63, 3.8) is 0 Å². The van der Waals surface area contributed by atoms with Crippen molar-refractivity contribution in [3.8, 4) is 0 Å². The largest absolute Gasteiger partial charge is 0.399 e. The van der Waals surface area contributed by atoms with Crippen LogP contribution >= 0.6 is 12.0 Å². The maximum absolute atomic E-state index is 8.30. The van der Waals surface area contributed by atoms with Crippen molar-refractivity contribution in [2.75, 3.05) is 11.1 Å². The van der Waals surface area contributed by atoms with Crippen LogP contribution in [0.25, 0.3) is 0 Å². The topological polar surface area (TPSA) is 67.5 Å². The van der Waals surface area contributed by atoms with Gasteiger partial charge in [-0.3, -0.25) is 0 Å². The highest BCUT2D eigenvalue weighted by atomic mass is 32.2. The zero-order valence-electron chi connectivity index (χ0n) is 9.67. The molecule has 0 spiro atoms. The summed E-state index contributed by atoms with van der Waals surface area (Å²) in [6.07, 6.45) is 0. The van der Waals surface area contributed by atoms with E-state index in [2.05, 4.69) is 9.65 Å². The third-order valence-corrected chi connectivity index (χ3v) is 3.00. The van der Waals surface area contributed by atoms with Crippen molar-refractivity contribution >= 4 is 23.4 Å². The second-order valence-electron chi connectivity index (χ2n) is 3.78. The fraction of sp³-hybridized carbons (Fsp3) is 0.0769. The van der Waals surface area contributed by atoms with E-state index in [1.807, 2.05) is 48.5 Å². The Hall–Kier alpha value is -1.69. The van der Waals surface area contributed by atoms with Crippen molar-refractivity contribution < 1.29 is 9.59 Å². The molecule has 0 saturated carbocycles. The summed E-state index contributed by atoms with van der Waals surface area (Å²) < 4.78 is 3.99. The first-order valence-electron chi connectivity index (χ1n) is 5.44. The molecule has 0 aliphatic carbocycles. The van der Waals surface area contributed by atoms with Crippen LogP contribution in [0.4, 0.5) is 11.4 Å². The Morgan fingerprint density at radius 3 is 2.33 bits per heavy atom. The Morgan fingerprint density at radius 1 is 1.06 bits per heavy atom. The molecule has 0 aromatic heterocycles. The molecule has 2 aromatic rings. The molecule has 0 unspecified atom stereocenters. The Balaban J connectivity index is 1.91. The van der Waals surface area contributed by atoms with Crippen LogP contribution in [0, 0.1) is 0 Å². The van der Waals surface area contributed by atoms with Gasteiger partial charge in [-0.25, -0.2) is 5.26 Å². The lowest BCUT2D eigenvalue weighted by Crippen LogP contribution is -1.99. The molecular formula is C13H14N2O2S. The number of rotatable bonds is 5. The van der Waals surface area contributed by atoms with E-state index in [4.69, 9.17) is 11.0 Å². The molecule has 0 bridgehead atoms. The van der Waals surface area contributed by atoms with Crippen LogP contribution in [-0.4, -0.2) is 5.26 Å². The van der Waals surface area contributed by atoms with Crippen LogP contribution in [0.2, 0.25) is 0 Å². The second kappa shape index (κ2) is 6.30. The number of hydrogen-bond acceptors (Lipinski definition) is 5. The summed E-state index contributed by atoms with van der Waals surface area (Å²) in [5, 5.41) is 11.6. The normalized spacial score (nSPS) is 10.3. The van der Waals surface area contributed by atoms with Gasteiger partial charge in [0, 0.05) is 22.8 Å². The van der Waals surface area contributed by atoms with E-state index in [-0.39, 0.29) is 0 Å². The minimum atomic E-state index is 0.739. The molecule has 0 amide bonds. The number of nitrogen functional groups attached to an aromatic ring is 1. The lowest BCUT2D eigenvalue weighted by Gasteiger charge is -2.07. The van der Waals surface area contributed by atoms with Gasteiger partial charge in [-0.05, 0) is 42.0 Å².